The number of piperidine rings is 1. The monoisotopic (exact) mass is 513 g/mol. The maximum absolute atomic E-state index is 14.9. The van der Waals surface area contributed by atoms with E-state index in [-0.39, 0.29) is 11.7 Å². The van der Waals surface area contributed by atoms with E-state index in [9.17, 15) is 14.3 Å². The predicted octanol–water partition coefficient (Wildman–Crippen LogP) is 6.23. The Labute approximate surface area is 212 Å². The van der Waals surface area contributed by atoms with E-state index < -0.39 is 14.2 Å². The lowest BCUT2D eigenvalue weighted by Crippen LogP contribution is -2.38. The van der Waals surface area contributed by atoms with Gasteiger partial charge in [-0.25, -0.2) is 14.2 Å². The number of halogens is 1. The first-order valence-electron chi connectivity index (χ1n) is 12.6. The van der Waals surface area contributed by atoms with Crippen LogP contribution < -0.4 is 4.74 Å². The van der Waals surface area contributed by atoms with Crippen LogP contribution in [0.4, 0.5) is 9.18 Å². The van der Waals surface area contributed by atoms with Crippen LogP contribution in [0.2, 0.25) is 25.7 Å². The molecule has 1 N–H and O–H groups in total. The summed E-state index contributed by atoms with van der Waals surface area (Å²) in [5, 5.41) is 9.97. The van der Waals surface area contributed by atoms with Crippen molar-refractivity contribution in [1.29, 1.82) is 0 Å². The highest BCUT2D eigenvalue weighted by atomic mass is 28.3. The summed E-state index contributed by atoms with van der Waals surface area (Å²) in [5.41, 5.74) is 2.73. The Hall–Kier alpha value is -2.91. The summed E-state index contributed by atoms with van der Waals surface area (Å²) in [4.78, 5) is 17.4. The van der Waals surface area contributed by atoms with Crippen LogP contribution in [-0.2, 0) is 11.5 Å². The van der Waals surface area contributed by atoms with E-state index in [1.54, 1.807) is 12.1 Å². The van der Waals surface area contributed by atoms with Crippen LogP contribution in [0.1, 0.15) is 18.5 Å². The standard InChI is InChI=1S/C27H36FN3O4Si/c1-19-15-24(35-17-20-9-11-30(12-10-20)27(32)33)25-22(21-7-5-6-8-23(21)28)16-31(26(25)29-19)18-34-13-14-36(2,3)4/h5-8,15-16,20H,9-14,17-18H2,1-4H3,(H,32,33). The zero-order valence-electron chi connectivity index (χ0n) is 21.6. The van der Waals surface area contributed by atoms with Crippen molar-refractivity contribution in [3.8, 4) is 16.9 Å². The second kappa shape index (κ2) is 11.0. The molecule has 1 saturated heterocycles. The number of nitrogens with zero attached hydrogens (tertiary/aromatic N) is 3. The lowest BCUT2D eigenvalue weighted by Gasteiger charge is -2.29. The molecule has 0 radical (unpaired) electrons. The minimum absolute atomic E-state index is 0.257. The first-order valence-corrected chi connectivity index (χ1v) is 16.3. The summed E-state index contributed by atoms with van der Waals surface area (Å²) in [7, 11) is -1.21. The minimum Gasteiger partial charge on any atom is -0.492 e. The second-order valence-electron chi connectivity index (χ2n) is 10.8. The van der Waals surface area contributed by atoms with Crippen LogP contribution >= 0.6 is 0 Å². The van der Waals surface area contributed by atoms with Gasteiger partial charge in [-0.05, 0) is 37.8 Å². The molecule has 36 heavy (non-hydrogen) atoms. The molecule has 0 spiro atoms. The SMILES string of the molecule is Cc1cc(OCC2CCN(C(=O)O)CC2)c2c(-c3ccccc3F)cn(COCC[Si](C)(C)C)c2n1. The number of aryl methyl sites for hydroxylation is 1. The third kappa shape index (κ3) is 6.25. The average molecular weight is 514 g/mol. The molecule has 0 bridgehead atoms. The Morgan fingerprint density at radius 2 is 1.92 bits per heavy atom. The maximum atomic E-state index is 14.9. The number of ether oxygens (including phenoxy) is 2. The third-order valence-corrected chi connectivity index (χ3v) is 8.37. The Morgan fingerprint density at radius 3 is 2.58 bits per heavy atom. The Balaban J connectivity index is 1.63. The molecule has 1 aliphatic heterocycles. The van der Waals surface area contributed by atoms with Crippen molar-refractivity contribution in [3.63, 3.8) is 0 Å². The fourth-order valence-electron chi connectivity index (χ4n) is 4.51. The number of likely N-dealkylation sites (tertiary alicyclic amines) is 1. The quantitative estimate of drug-likeness (QED) is 0.271. The van der Waals surface area contributed by atoms with Crippen molar-refractivity contribution in [1.82, 2.24) is 14.5 Å². The second-order valence-corrected chi connectivity index (χ2v) is 16.4. The summed E-state index contributed by atoms with van der Waals surface area (Å²) in [6, 6.07) is 9.70. The molecule has 2 aromatic heterocycles. The number of aromatic nitrogens is 2. The van der Waals surface area contributed by atoms with Gasteiger partial charge in [-0.3, -0.25) is 0 Å². The molecule has 3 aromatic rings. The molecule has 1 fully saturated rings. The topological polar surface area (TPSA) is 76.8 Å². The van der Waals surface area contributed by atoms with Gasteiger partial charge >= 0.3 is 6.09 Å². The van der Waals surface area contributed by atoms with Crippen LogP contribution in [0.5, 0.6) is 5.75 Å². The smallest absolute Gasteiger partial charge is 0.407 e. The number of benzene rings is 1. The number of hydrogen-bond acceptors (Lipinski definition) is 4. The van der Waals surface area contributed by atoms with Crippen LogP contribution in [0.15, 0.2) is 36.5 Å². The van der Waals surface area contributed by atoms with Gasteiger partial charge in [-0.2, -0.15) is 0 Å². The van der Waals surface area contributed by atoms with Gasteiger partial charge in [0.15, 0.2) is 0 Å². The molecule has 7 nitrogen and oxygen atoms in total. The van der Waals surface area contributed by atoms with Crippen LogP contribution in [0.3, 0.4) is 0 Å². The van der Waals surface area contributed by atoms with Crippen molar-refractivity contribution in [2.75, 3.05) is 26.3 Å². The molecule has 4 rings (SSSR count). The lowest BCUT2D eigenvalue weighted by atomic mass is 9.98. The summed E-state index contributed by atoms with van der Waals surface area (Å²) in [6.07, 6.45) is 2.54. The summed E-state index contributed by atoms with van der Waals surface area (Å²) < 4.78 is 29.2. The lowest BCUT2D eigenvalue weighted by molar-refractivity contribution is 0.0899. The third-order valence-electron chi connectivity index (χ3n) is 6.67. The molecular formula is C27H36FN3O4Si. The highest BCUT2D eigenvalue weighted by Crippen LogP contribution is 2.38. The molecule has 1 aliphatic rings. The fraction of sp³-hybridized carbons (Fsp3) is 0.481. The first-order chi connectivity index (χ1) is 17.1. The molecule has 1 amide bonds. The van der Waals surface area contributed by atoms with Gasteiger partial charge in [0.2, 0.25) is 0 Å². The number of pyridine rings is 1. The van der Waals surface area contributed by atoms with E-state index >= 15 is 0 Å². The molecule has 3 heterocycles. The number of amides is 1. The zero-order valence-corrected chi connectivity index (χ0v) is 22.6. The predicted molar refractivity (Wildman–Crippen MR) is 142 cm³/mol. The number of hydrogen-bond donors (Lipinski definition) is 1. The van der Waals surface area contributed by atoms with Crippen LogP contribution in [0.25, 0.3) is 22.2 Å². The molecule has 9 heteroatoms. The van der Waals surface area contributed by atoms with Crippen LogP contribution in [-0.4, -0.2) is 60.0 Å². The van der Waals surface area contributed by atoms with Crippen molar-refractivity contribution < 1.29 is 23.8 Å². The number of carbonyl (C=O) groups is 1. The zero-order chi connectivity index (χ0) is 25.9. The van der Waals surface area contributed by atoms with Gasteiger partial charge in [-0.15, -0.1) is 0 Å². The summed E-state index contributed by atoms with van der Waals surface area (Å²) >= 11 is 0. The van der Waals surface area contributed by atoms with E-state index in [4.69, 9.17) is 14.5 Å². The molecule has 0 aliphatic carbocycles. The Bertz CT molecular complexity index is 1220. The molecular weight excluding hydrogens is 477 g/mol. The molecule has 1 aromatic carbocycles. The maximum Gasteiger partial charge on any atom is 0.407 e. The van der Waals surface area contributed by atoms with E-state index in [0.717, 1.165) is 35.5 Å². The molecule has 0 saturated carbocycles. The van der Waals surface area contributed by atoms with Gasteiger partial charge in [0.1, 0.15) is 23.9 Å². The van der Waals surface area contributed by atoms with Gasteiger partial charge in [0.25, 0.3) is 0 Å². The van der Waals surface area contributed by atoms with Gasteiger partial charge in [0, 0.05) is 56.9 Å². The number of fused-ring (bicyclic) bond motifs is 1. The average Bonchev–Trinajstić information content (AvgIpc) is 3.18. The van der Waals surface area contributed by atoms with Gasteiger partial charge in [-0.1, -0.05) is 37.8 Å². The fourth-order valence-corrected chi connectivity index (χ4v) is 5.26. The highest BCUT2D eigenvalue weighted by molar-refractivity contribution is 6.76. The minimum atomic E-state index is -1.21. The van der Waals surface area contributed by atoms with E-state index in [1.807, 2.05) is 29.8 Å². The molecule has 194 valence electrons. The van der Waals surface area contributed by atoms with E-state index in [0.29, 0.717) is 50.0 Å². The Morgan fingerprint density at radius 1 is 1.19 bits per heavy atom. The Kier molecular flexibility index (Phi) is 7.99. The largest absolute Gasteiger partial charge is 0.492 e. The first kappa shape index (κ1) is 26.2. The molecule has 0 atom stereocenters. The van der Waals surface area contributed by atoms with Crippen molar-refractivity contribution in [2.24, 2.45) is 5.92 Å². The summed E-state index contributed by atoms with van der Waals surface area (Å²) in [5.74, 6) is 0.619. The van der Waals surface area contributed by atoms with Gasteiger partial charge in [0.05, 0.1) is 12.0 Å². The van der Waals surface area contributed by atoms with Crippen LogP contribution in [0, 0.1) is 18.7 Å². The van der Waals surface area contributed by atoms with Crippen molar-refractivity contribution >= 4 is 25.2 Å². The van der Waals surface area contributed by atoms with Gasteiger partial charge < -0.3 is 24.0 Å². The summed E-state index contributed by atoms with van der Waals surface area (Å²) in [6.45, 7) is 11.4. The van der Waals surface area contributed by atoms with Crippen molar-refractivity contribution in [3.05, 3.63) is 48.0 Å². The van der Waals surface area contributed by atoms with Crippen molar-refractivity contribution in [2.45, 2.75) is 52.2 Å². The normalized spacial score (nSPS) is 15.0. The van der Waals surface area contributed by atoms with E-state index in [2.05, 4.69) is 19.6 Å². The number of rotatable bonds is 9. The highest BCUT2D eigenvalue weighted by Gasteiger charge is 2.24. The van der Waals surface area contributed by atoms with E-state index in [1.165, 1.54) is 11.0 Å². The number of carboxylic acid groups (broad SMARTS) is 1. The molecule has 0 unspecified atom stereocenters.